The van der Waals surface area contributed by atoms with Gasteiger partial charge in [0.1, 0.15) is 11.5 Å². The minimum absolute atomic E-state index is 0.0569. The fraction of sp³-hybridized carbons (Fsp3) is 0.167. The van der Waals surface area contributed by atoms with Crippen LogP contribution in [0.2, 0.25) is 0 Å². The third-order valence-corrected chi connectivity index (χ3v) is 7.23. The Morgan fingerprint density at radius 2 is 0.915 bits per heavy atom. The van der Waals surface area contributed by atoms with Crippen LogP contribution < -0.4 is 15.4 Å². The van der Waals surface area contributed by atoms with Gasteiger partial charge >= 0.3 is 11.9 Å². The first-order chi connectivity index (χ1) is 23.0. The molecule has 236 valence electrons. The lowest BCUT2D eigenvalue weighted by atomic mass is 10.1. The van der Waals surface area contributed by atoms with Crippen molar-refractivity contribution < 1.29 is 23.8 Å². The molecule has 2 aromatic heterocycles. The zero-order chi connectivity index (χ0) is 32.6. The smallest absolute Gasteiger partial charge is 0.311 e. The molecule has 2 N–H and O–H groups in total. The van der Waals surface area contributed by atoms with Crippen LogP contribution in [0.5, 0.6) is 11.5 Å². The van der Waals surface area contributed by atoms with E-state index in [2.05, 4.69) is 31.0 Å². The van der Waals surface area contributed by atoms with E-state index in [0.717, 1.165) is 32.9 Å². The number of benzene rings is 4. The van der Waals surface area contributed by atoms with E-state index in [1.807, 2.05) is 97.1 Å². The number of hydrogen-bond acceptors (Lipinski definition) is 11. The summed E-state index contributed by atoms with van der Waals surface area (Å²) >= 11 is 0. The second kappa shape index (κ2) is 14.3. The Balaban J connectivity index is 1.11. The Morgan fingerprint density at radius 1 is 0.532 bits per heavy atom. The van der Waals surface area contributed by atoms with Gasteiger partial charge in [0.15, 0.2) is 11.6 Å². The van der Waals surface area contributed by atoms with Gasteiger partial charge in [-0.25, -0.2) is 0 Å². The van der Waals surface area contributed by atoms with Crippen molar-refractivity contribution in [2.24, 2.45) is 0 Å². The fourth-order valence-electron chi connectivity index (χ4n) is 5.08. The summed E-state index contributed by atoms with van der Waals surface area (Å²) in [5, 5.41) is 27.3. The van der Waals surface area contributed by atoms with E-state index >= 15 is 0 Å². The Morgan fingerprint density at radius 3 is 1.30 bits per heavy atom. The average Bonchev–Trinajstić information content (AvgIpc) is 3.09. The van der Waals surface area contributed by atoms with Gasteiger partial charge in [0, 0.05) is 32.9 Å². The van der Waals surface area contributed by atoms with Crippen molar-refractivity contribution in [1.29, 1.82) is 0 Å². The molecule has 0 aliphatic heterocycles. The van der Waals surface area contributed by atoms with Crippen molar-refractivity contribution in [2.75, 3.05) is 23.8 Å². The highest BCUT2D eigenvalue weighted by Crippen LogP contribution is 2.30. The van der Waals surface area contributed by atoms with Gasteiger partial charge in [-0.15, -0.1) is 10.2 Å². The molecule has 0 saturated heterocycles. The number of rotatable bonds is 12. The largest absolute Gasteiger partial charge is 0.466 e. The summed E-state index contributed by atoms with van der Waals surface area (Å²) in [6.07, 6.45) is 0.114. The Kier molecular flexibility index (Phi) is 9.43. The van der Waals surface area contributed by atoms with E-state index in [0.29, 0.717) is 47.7 Å². The van der Waals surface area contributed by atoms with Gasteiger partial charge in [0.25, 0.3) is 0 Å². The molecule has 0 aliphatic rings. The summed E-state index contributed by atoms with van der Waals surface area (Å²) in [6, 6.07) is 30.4. The lowest BCUT2D eigenvalue weighted by Crippen LogP contribution is -2.10. The first kappa shape index (κ1) is 30.9. The summed E-state index contributed by atoms with van der Waals surface area (Å²) in [6.45, 7) is 4.18. The minimum Gasteiger partial charge on any atom is -0.466 e. The van der Waals surface area contributed by atoms with Crippen LogP contribution in [0, 0.1) is 0 Å². The highest BCUT2D eigenvalue weighted by Gasteiger charge is 2.15. The summed E-state index contributed by atoms with van der Waals surface area (Å²) in [7, 11) is 0. The van der Waals surface area contributed by atoms with Gasteiger partial charge in [-0.1, -0.05) is 48.5 Å². The minimum atomic E-state index is -0.337. The zero-order valence-electron chi connectivity index (χ0n) is 25.9. The van der Waals surface area contributed by atoms with Gasteiger partial charge < -0.3 is 24.8 Å². The molecule has 0 atom stereocenters. The molecule has 0 saturated carbocycles. The van der Waals surface area contributed by atoms with E-state index < -0.39 is 0 Å². The maximum Gasteiger partial charge on any atom is 0.311 e. The molecule has 0 radical (unpaired) electrons. The average molecular weight is 629 g/mol. The lowest BCUT2D eigenvalue weighted by molar-refractivity contribution is -0.143. The number of nitrogens with one attached hydrogen (secondary N) is 2. The van der Waals surface area contributed by atoms with Crippen LogP contribution >= 0.6 is 0 Å². The summed E-state index contributed by atoms with van der Waals surface area (Å²) in [5.41, 5.74) is 2.74. The number of carbonyl (C=O) groups excluding carboxylic acids is 2. The van der Waals surface area contributed by atoms with E-state index in [1.165, 1.54) is 0 Å². The number of ether oxygens (including phenoxy) is 3. The zero-order valence-corrected chi connectivity index (χ0v) is 25.9. The van der Waals surface area contributed by atoms with E-state index in [4.69, 9.17) is 14.2 Å². The molecule has 2 heterocycles. The van der Waals surface area contributed by atoms with Crippen LogP contribution in [0.1, 0.15) is 25.2 Å². The van der Waals surface area contributed by atoms with Crippen LogP contribution in [0.3, 0.4) is 0 Å². The van der Waals surface area contributed by atoms with Crippen molar-refractivity contribution in [3.8, 4) is 11.5 Å². The number of nitrogens with zero attached hydrogens (tertiary/aromatic N) is 4. The van der Waals surface area contributed by atoms with Gasteiger partial charge in [-0.2, -0.15) is 10.2 Å². The molecule has 47 heavy (non-hydrogen) atoms. The Bertz CT molecular complexity index is 1890. The molecule has 0 fully saturated rings. The first-order valence-electron chi connectivity index (χ1n) is 15.2. The first-order valence-corrected chi connectivity index (χ1v) is 15.2. The second-order valence-corrected chi connectivity index (χ2v) is 10.4. The molecule has 6 rings (SSSR count). The van der Waals surface area contributed by atoms with Crippen molar-refractivity contribution in [2.45, 2.75) is 26.7 Å². The Labute approximate surface area is 270 Å². The topological polar surface area (TPSA) is 137 Å². The number of aromatic nitrogens is 4. The predicted molar refractivity (Wildman–Crippen MR) is 179 cm³/mol. The summed E-state index contributed by atoms with van der Waals surface area (Å²) in [4.78, 5) is 24.1. The highest BCUT2D eigenvalue weighted by molar-refractivity contribution is 5.97. The fourth-order valence-corrected chi connectivity index (χ4v) is 5.08. The van der Waals surface area contributed by atoms with E-state index in [9.17, 15) is 9.59 Å². The predicted octanol–water partition coefficient (Wildman–Crippen LogP) is 7.06. The number of fused-ring (bicyclic) bond motifs is 2. The molecule has 0 unspecified atom stereocenters. The molecule has 0 bridgehead atoms. The van der Waals surface area contributed by atoms with Crippen molar-refractivity contribution >= 4 is 56.5 Å². The maximum absolute atomic E-state index is 12.0. The lowest BCUT2D eigenvalue weighted by Gasteiger charge is -2.12. The quantitative estimate of drug-likeness (QED) is 0.135. The standard InChI is InChI=1S/C36H32N6O5/c1-3-45-33(43)21-31-27-9-5-7-11-29(27)35(41-39-31)37-23-13-17-25(18-14-23)47-26-19-15-24(16-20-26)38-36-30-12-8-6-10-28(30)32(40-42-36)22-34(44)46-4-2/h5-20H,3-4,21-22H2,1-2H3,(H,37,41)(H,38,42). The van der Waals surface area contributed by atoms with Crippen LogP contribution in [-0.4, -0.2) is 45.5 Å². The second-order valence-electron chi connectivity index (χ2n) is 10.4. The van der Waals surface area contributed by atoms with Crippen LogP contribution in [0.25, 0.3) is 21.5 Å². The van der Waals surface area contributed by atoms with Crippen molar-refractivity contribution in [1.82, 2.24) is 20.4 Å². The molecule has 11 nitrogen and oxygen atoms in total. The maximum atomic E-state index is 12.0. The third kappa shape index (κ3) is 7.42. The highest BCUT2D eigenvalue weighted by atomic mass is 16.5. The SMILES string of the molecule is CCOC(=O)Cc1nnc(Nc2ccc(Oc3ccc(Nc4nnc(CC(=O)OCC)c5ccccc45)cc3)cc2)c2ccccc12. The van der Waals surface area contributed by atoms with E-state index in [-0.39, 0.29) is 24.8 Å². The van der Waals surface area contributed by atoms with Crippen molar-refractivity contribution in [3.63, 3.8) is 0 Å². The Hall–Kier alpha value is -6.10. The van der Waals surface area contributed by atoms with Crippen LogP contribution in [0.15, 0.2) is 97.1 Å². The van der Waals surface area contributed by atoms with Crippen LogP contribution in [-0.2, 0) is 31.9 Å². The molecule has 6 aromatic rings. The summed E-state index contributed by atoms with van der Waals surface area (Å²) in [5.74, 6) is 1.80. The number of anilines is 4. The molecule has 11 heteroatoms. The van der Waals surface area contributed by atoms with E-state index in [1.54, 1.807) is 13.8 Å². The molecule has 0 spiro atoms. The number of esters is 2. The van der Waals surface area contributed by atoms with Gasteiger partial charge in [0.05, 0.1) is 37.4 Å². The normalized spacial score (nSPS) is 10.9. The van der Waals surface area contributed by atoms with Crippen molar-refractivity contribution in [3.05, 3.63) is 108 Å². The molecule has 0 aliphatic carbocycles. The molecular weight excluding hydrogens is 596 g/mol. The summed E-state index contributed by atoms with van der Waals surface area (Å²) < 4.78 is 16.2. The third-order valence-electron chi connectivity index (χ3n) is 7.23. The molecular formula is C36H32N6O5. The molecule has 0 amide bonds. The van der Waals surface area contributed by atoms with Gasteiger partial charge in [-0.05, 0) is 62.4 Å². The van der Waals surface area contributed by atoms with Gasteiger partial charge in [0.2, 0.25) is 0 Å². The number of carbonyl (C=O) groups is 2. The molecule has 4 aromatic carbocycles. The van der Waals surface area contributed by atoms with Gasteiger partial charge in [-0.3, -0.25) is 9.59 Å². The monoisotopic (exact) mass is 628 g/mol. The van der Waals surface area contributed by atoms with Crippen LogP contribution in [0.4, 0.5) is 23.0 Å². The number of hydrogen-bond donors (Lipinski definition) is 2.